The van der Waals surface area contributed by atoms with E-state index in [-0.39, 0.29) is 0 Å². The molecule has 0 atom stereocenters. The minimum Gasteiger partial charge on any atom is -0.442 e. The van der Waals surface area contributed by atoms with E-state index in [0.717, 1.165) is 0 Å². The van der Waals surface area contributed by atoms with Crippen molar-refractivity contribution >= 4 is 35.4 Å². The van der Waals surface area contributed by atoms with E-state index in [0.29, 0.717) is 0 Å². The van der Waals surface area contributed by atoms with Crippen LogP contribution in [0.15, 0.2) is 0 Å². The quantitative estimate of drug-likeness (QED) is 0.746. The third-order valence-electron chi connectivity index (χ3n) is 1.48. The van der Waals surface area contributed by atoms with Crippen LogP contribution in [-0.2, 0) is 12.3 Å². The number of hydrogen-bond donors (Lipinski definition) is 1. The summed E-state index contributed by atoms with van der Waals surface area (Å²) >= 11 is 0. The van der Waals surface area contributed by atoms with Gasteiger partial charge in [-0.3, -0.25) is 0 Å². The summed E-state index contributed by atoms with van der Waals surface area (Å²) in [5, 5.41) is 0. The predicted octanol–water partition coefficient (Wildman–Crippen LogP) is 1.27. The van der Waals surface area contributed by atoms with Crippen LogP contribution in [-0.4, -0.2) is 40.2 Å². The van der Waals surface area contributed by atoms with Gasteiger partial charge in [0.1, 0.15) is 9.76 Å². The number of rotatable bonds is 6. The van der Waals surface area contributed by atoms with Crippen LogP contribution in [0, 0.1) is 0 Å². The molecule has 4 nitrogen and oxygen atoms in total. The lowest BCUT2D eigenvalue weighted by atomic mass is 11.9. The molecule has 0 heterocycles. The smallest absolute Gasteiger partial charge is 0.320 e. The zero-order chi connectivity index (χ0) is 12.3. The van der Waals surface area contributed by atoms with Gasteiger partial charge >= 0.3 is 25.7 Å². The summed E-state index contributed by atoms with van der Waals surface area (Å²) in [6.45, 7) is 13.6. The van der Waals surface area contributed by atoms with E-state index in [2.05, 4.69) is 6.55 Å². The Balaban J connectivity index is 4.36. The van der Waals surface area contributed by atoms with Gasteiger partial charge in [0.25, 0.3) is 0 Å². The van der Waals surface area contributed by atoms with Gasteiger partial charge in [0.05, 0.1) is 0 Å². The molecule has 0 aromatic carbocycles. The van der Waals surface area contributed by atoms with Crippen LogP contribution >= 0.6 is 0 Å². The van der Waals surface area contributed by atoms with Crippen molar-refractivity contribution in [3.63, 3.8) is 0 Å². The summed E-state index contributed by atoms with van der Waals surface area (Å²) in [6, 6.07) is 0. The fourth-order valence-corrected chi connectivity index (χ4v) is 15.2. The van der Waals surface area contributed by atoms with Crippen molar-refractivity contribution in [2.24, 2.45) is 0 Å². The molecule has 8 heteroatoms. The zero-order valence-corrected chi connectivity index (χ0v) is 15.3. The Hall–Kier alpha value is 0.708. The second-order valence-electron chi connectivity index (χ2n) is 4.88. The van der Waals surface area contributed by atoms with Crippen LogP contribution in [0.2, 0.25) is 45.8 Å². The molecule has 1 N–H and O–H groups in total. The largest absolute Gasteiger partial charge is 0.442 e. The highest BCUT2D eigenvalue weighted by Gasteiger charge is 2.39. The first-order valence-corrected chi connectivity index (χ1v) is 15.7. The maximum atomic E-state index is 9.73. The topological polar surface area (TPSA) is 47.9 Å². The standard InChI is InChI=1S/C7H24O4Si4/c1-12-9-14(4,5)11-15(6,7)10-13(2,3)8/h8H,12H2,1-7H3. The van der Waals surface area contributed by atoms with E-state index in [1.54, 1.807) is 13.1 Å². The molecule has 0 radical (unpaired) electrons. The van der Waals surface area contributed by atoms with E-state index in [9.17, 15) is 4.80 Å². The molecule has 0 saturated carbocycles. The molecule has 0 aliphatic heterocycles. The summed E-state index contributed by atoms with van der Waals surface area (Å²) in [5.74, 6) is 0. The number of hydrogen-bond acceptors (Lipinski definition) is 4. The Morgan fingerprint density at radius 1 is 0.867 bits per heavy atom. The first-order chi connectivity index (χ1) is 6.47. The summed E-state index contributed by atoms with van der Waals surface area (Å²) in [7, 11) is -7.22. The lowest BCUT2D eigenvalue weighted by Gasteiger charge is -2.35. The first-order valence-electron chi connectivity index (χ1n) is 5.24. The molecular weight excluding hydrogens is 260 g/mol. The van der Waals surface area contributed by atoms with E-state index < -0.39 is 35.4 Å². The Bertz CT molecular complexity index is 202. The van der Waals surface area contributed by atoms with Crippen molar-refractivity contribution in [3.8, 4) is 0 Å². The molecule has 0 unspecified atom stereocenters. The van der Waals surface area contributed by atoms with E-state index in [4.69, 9.17) is 12.3 Å². The highest BCUT2D eigenvalue weighted by molar-refractivity contribution is 6.85. The highest BCUT2D eigenvalue weighted by Crippen LogP contribution is 2.19. The fourth-order valence-electron chi connectivity index (χ4n) is 1.59. The minimum absolute atomic E-state index is 0.449. The Kier molecular flexibility index (Phi) is 5.61. The maximum Gasteiger partial charge on any atom is 0.320 e. The van der Waals surface area contributed by atoms with Gasteiger partial charge < -0.3 is 17.1 Å². The summed E-state index contributed by atoms with van der Waals surface area (Å²) in [6.07, 6.45) is 0. The lowest BCUT2D eigenvalue weighted by molar-refractivity contribution is 0.300. The van der Waals surface area contributed by atoms with Gasteiger partial charge in [-0.2, -0.15) is 0 Å². The molecule has 0 fully saturated rings. The molecule has 0 aromatic heterocycles. The van der Waals surface area contributed by atoms with Gasteiger partial charge in [-0.25, -0.2) is 0 Å². The summed E-state index contributed by atoms with van der Waals surface area (Å²) in [5.41, 5.74) is 0. The average molecular weight is 285 g/mol. The highest BCUT2D eigenvalue weighted by atomic mass is 28.5. The van der Waals surface area contributed by atoms with Crippen LogP contribution in [0.1, 0.15) is 0 Å². The summed E-state index contributed by atoms with van der Waals surface area (Å²) < 4.78 is 17.4. The molecule has 0 aliphatic carbocycles. The molecule has 15 heavy (non-hydrogen) atoms. The monoisotopic (exact) mass is 284 g/mol. The fraction of sp³-hybridized carbons (Fsp3) is 1.00. The predicted molar refractivity (Wildman–Crippen MR) is 72.3 cm³/mol. The zero-order valence-electron chi connectivity index (χ0n) is 10.9. The van der Waals surface area contributed by atoms with Crippen LogP contribution < -0.4 is 0 Å². The van der Waals surface area contributed by atoms with Crippen LogP contribution in [0.5, 0.6) is 0 Å². The third kappa shape index (κ3) is 8.51. The molecule has 0 rings (SSSR count). The van der Waals surface area contributed by atoms with Crippen molar-refractivity contribution in [1.82, 2.24) is 0 Å². The van der Waals surface area contributed by atoms with Gasteiger partial charge in [0, 0.05) is 0 Å². The molecule has 0 aromatic rings. The van der Waals surface area contributed by atoms with Crippen molar-refractivity contribution in [2.45, 2.75) is 45.8 Å². The molecule has 92 valence electrons. The Morgan fingerprint density at radius 2 is 1.33 bits per heavy atom. The van der Waals surface area contributed by atoms with Crippen LogP contribution in [0.4, 0.5) is 0 Å². The lowest BCUT2D eigenvalue weighted by Crippen LogP contribution is -2.53. The second kappa shape index (κ2) is 5.36. The van der Waals surface area contributed by atoms with Gasteiger partial charge in [-0.05, 0) is 39.3 Å². The van der Waals surface area contributed by atoms with Crippen LogP contribution in [0.25, 0.3) is 0 Å². The van der Waals surface area contributed by atoms with Crippen molar-refractivity contribution < 1.29 is 17.1 Å². The SMILES string of the molecule is C[SiH2]O[Si](C)(C)O[Si](C)(C)O[Si](C)(C)O. The van der Waals surface area contributed by atoms with Crippen LogP contribution in [0.3, 0.4) is 0 Å². The van der Waals surface area contributed by atoms with Gasteiger partial charge in [0.15, 0.2) is 0 Å². The molecule has 0 spiro atoms. The van der Waals surface area contributed by atoms with Gasteiger partial charge in [0.2, 0.25) is 0 Å². The molecular formula is C7H24O4Si4. The normalized spacial score (nSPS) is 15.2. The molecule has 0 saturated heterocycles. The first kappa shape index (κ1) is 15.7. The van der Waals surface area contributed by atoms with E-state index in [1.807, 2.05) is 26.2 Å². The Labute approximate surface area is 98.6 Å². The second-order valence-corrected chi connectivity index (χ2v) is 16.7. The molecule has 0 amide bonds. The minimum atomic E-state index is -2.50. The van der Waals surface area contributed by atoms with Gasteiger partial charge in [-0.15, -0.1) is 0 Å². The molecule has 0 bridgehead atoms. The van der Waals surface area contributed by atoms with Crippen molar-refractivity contribution in [2.75, 3.05) is 0 Å². The van der Waals surface area contributed by atoms with Gasteiger partial charge in [-0.1, -0.05) is 6.55 Å². The van der Waals surface area contributed by atoms with Crippen molar-refractivity contribution in [3.05, 3.63) is 0 Å². The summed E-state index contributed by atoms with van der Waals surface area (Å²) in [4.78, 5) is 9.73. The van der Waals surface area contributed by atoms with E-state index >= 15 is 0 Å². The Morgan fingerprint density at radius 3 is 1.67 bits per heavy atom. The average Bonchev–Trinajstić information content (AvgIpc) is 1.74. The molecule has 0 aliphatic rings. The van der Waals surface area contributed by atoms with Crippen molar-refractivity contribution in [1.29, 1.82) is 0 Å². The third-order valence-corrected chi connectivity index (χ3v) is 13.3. The van der Waals surface area contributed by atoms with E-state index in [1.165, 1.54) is 0 Å². The maximum absolute atomic E-state index is 9.73.